The molecule has 41 heavy (non-hydrogen) atoms. The lowest BCUT2D eigenvalue weighted by molar-refractivity contribution is 0.0729. The molecule has 0 N–H and O–H groups in total. The molecule has 214 valence electrons. The van der Waals surface area contributed by atoms with Gasteiger partial charge >= 0.3 is 0 Å². The van der Waals surface area contributed by atoms with Crippen molar-refractivity contribution in [3.63, 3.8) is 0 Å². The number of carbonyl (C=O) groups is 1. The van der Waals surface area contributed by atoms with Crippen molar-refractivity contribution >= 4 is 16.9 Å². The zero-order valence-electron chi connectivity index (χ0n) is 24.2. The Morgan fingerprint density at radius 3 is 2.05 bits per heavy atom. The molecule has 0 spiro atoms. The van der Waals surface area contributed by atoms with Crippen LogP contribution < -0.4 is 29.1 Å². The largest absolute Gasteiger partial charge is 0.493 e. The molecule has 2 heterocycles. The summed E-state index contributed by atoms with van der Waals surface area (Å²) in [6, 6.07) is 12.1. The average molecular weight is 560 g/mol. The first-order valence-corrected chi connectivity index (χ1v) is 13.2. The van der Waals surface area contributed by atoms with Crippen molar-refractivity contribution in [2.45, 2.75) is 26.3 Å². The van der Waals surface area contributed by atoms with Crippen molar-refractivity contribution in [2.24, 2.45) is 0 Å². The minimum atomic E-state index is -0.743. The number of hydrogen-bond acceptors (Lipinski definition) is 8. The van der Waals surface area contributed by atoms with Crippen LogP contribution in [0.5, 0.6) is 28.7 Å². The molecule has 5 rings (SSSR count). The highest BCUT2D eigenvalue weighted by molar-refractivity contribution is 5.99. The van der Waals surface area contributed by atoms with Crippen LogP contribution >= 0.6 is 0 Å². The van der Waals surface area contributed by atoms with Gasteiger partial charge in [0.25, 0.3) is 5.91 Å². The summed E-state index contributed by atoms with van der Waals surface area (Å²) >= 11 is 0. The molecular weight excluding hydrogens is 526 g/mol. The van der Waals surface area contributed by atoms with Gasteiger partial charge in [0.2, 0.25) is 11.5 Å². The van der Waals surface area contributed by atoms with E-state index in [1.165, 1.54) is 21.3 Å². The smallest absolute Gasteiger partial charge is 0.290 e. The Morgan fingerprint density at radius 1 is 0.780 bits per heavy atom. The van der Waals surface area contributed by atoms with Gasteiger partial charge in [-0.1, -0.05) is 12.1 Å². The first kappa shape index (κ1) is 27.9. The molecule has 1 atom stereocenters. The van der Waals surface area contributed by atoms with Crippen LogP contribution in [0.3, 0.4) is 0 Å². The first-order valence-electron chi connectivity index (χ1n) is 13.2. The van der Waals surface area contributed by atoms with Gasteiger partial charge in [-0.2, -0.15) is 0 Å². The Kier molecular flexibility index (Phi) is 7.53. The van der Waals surface area contributed by atoms with Crippen LogP contribution in [0.2, 0.25) is 0 Å². The Morgan fingerprint density at radius 2 is 1.44 bits per heavy atom. The lowest BCUT2D eigenvalue weighted by Gasteiger charge is -2.26. The van der Waals surface area contributed by atoms with E-state index in [4.69, 9.17) is 28.1 Å². The quantitative estimate of drug-likeness (QED) is 0.275. The molecule has 0 aliphatic carbocycles. The van der Waals surface area contributed by atoms with Gasteiger partial charge in [0.05, 0.1) is 52.5 Å². The van der Waals surface area contributed by atoms with E-state index in [-0.39, 0.29) is 22.7 Å². The van der Waals surface area contributed by atoms with Gasteiger partial charge in [0.1, 0.15) is 5.58 Å². The summed E-state index contributed by atoms with van der Waals surface area (Å²) in [5.74, 6) is 2.13. The number of aryl methyl sites for hydroxylation is 2. The number of fused-ring (bicyclic) bond motifs is 2. The molecule has 4 aromatic rings. The number of hydrogen-bond donors (Lipinski definition) is 0. The monoisotopic (exact) mass is 559 g/mol. The molecule has 0 saturated heterocycles. The van der Waals surface area contributed by atoms with Crippen LogP contribution in [0.25, 0.3) is 11.0 Å². The van der Waals surface area contributed by atoms with Crippen LogP contribution in [-0.2, 0) is 6.42 Å². The van der Waals surface area contributed by atoms with E-state index >= 15 is 0 Å². The summed E-state index contributed by atoms with van der Waals surface area (Å²) < 4.78 is 33.8. The number of methoxy groups -OCH3 is 5. The molecule has 1 aromatic heterocycles. The van der Waals surface area contributed by atoms with E-state index in [2.05, 4.69) is 0 Å². The van der Waals surface area contributed by atoms with Crippen LogP contribution in [0.1, 0.15) is 44.4 Å². The van der Waals surface area contributed by atoms with Crippen molar-refractivity contribution in [1.29, 1.82) is 0 Å². The van der Waals surface area contributed by atoms with Crippen LogP contribution in [-0.4, -0.2) is 52.9 Å². The van der Waals surface area contributed by atoms with Crippen molar-refractivity contribution in [1.82, 2.24) is 4.90 Å². The Bertz CT molecular complexity index is 1680. The zero-order valence-corrected chi connectivity index (χ0v) is 24.2. The molecule has 1 amide bonds. The summed E-state index contributed by atoms with van der Waals surface area (Å²) in [5.41, 5.74) is 3.74. The predicted molar refractivity (Wildman–Crippen MR) is 154 cm³/mol. The highest BCUT2D eigenvalue weighted by Gasteiger charge is 2.43. The molecule has 9 heteroatoms. The van der Waals surface area contributed by atoms with Gasteiger partial charge in [-0.25, -0.2) is 0 Å². The van der Waals surface area contributed by atoms with E-state index in [9.17, 15) is 9.59 Å². The topological polar surface area (TPSA) is 96.7 Å². The predicted octanol–water partition coefficient (Wildman–Crippen LogP) is 5.24. The van der Waals surface area contributed by atoms with Gasteiger partial charge in [0.15, 0.2) is 28.4 Å². The van der Waals surface area contributed by atoms with E-state index < -0.39 is 6.04 Å². The molecule has 0 bridgehead atoms. The summed E-state index contributed by atoms with van der Waals surface area (Å²) in [5, 5.41) is 0.460. The van der Waals surface area contributed by atoms with Gasteiger partial charge in [-0.3, -0.25) is 9.59 Å². The van der Waals surface area contributed by atoms with E-state index in [0.29, 0.717) is 58.2 Å². The molecule has 9 nitrogen and oxygen atoms in total. The van der Waals surface area contributed by atoms with Gasteiger partial charge < -0.3 is 33.0 Å². The first-order chi connectivity index (χ1) is 19.8. The summed E-state index contributed by atoms with van der Waals surface area (Å²) in [4.78, 5) is 29.8. The fourth-order valence-electron chi connectivity index (χ4n) is 5.64. The second-order valence-electron chi connectivity index (χ2n) is 9.93. The number of ether oxygens (including phenoxy) is 5. The lowest BCUT2D eigenvalue weighted by Crippen LogP contribution is -2.31. The number of nitrogens with zero attached hydrogens (tertiary/aromatic N) is 1. The molecule has 3 aromatic carbocycles. The molecular formula is C32H33NO8. The second kappa shape index (κ2) is 11.1. The lowest BCUT2D eigenvalue weighted by atomic mass is 9.96. The fraction of sp³-hybridized carbons (Fsp3) is 0.312. The Hall–Kier alpha value is -4.66. The fourth-order valence-corrected chi connectivity index (χ4v) is 5.64. The summed E-state index contributed by atoms with van der Waals surface area (Å²) in [6.07, 6.45) is 0.493. The van der Waals surface area contributed by atoms with Gasteiger partial charge in [-0.15, -0.1) is 0 Å². The minimum Gasteiger partial charge on any atom is -0.493 e. The maximum Gasteiger partial charge on any atom is 0.290 e. The average Bonchev–Trinajstić information content (AvgIpc) is 3.25. The highest BCUT2D eigenvalue weighted by atomic mass is 16.5. The molecule has 1 aliphatic heterocycles. The SMILES string of the molecule is COc1ccc(CCN2C(=O)c3oc4cc(C)cc(C)c4c(=O)c3C2c2cc(OC)c(OC)c(OC)c2)cc1OC. The van der Waals surface area contributed by atoms with Crippen LogP contribution in [0.4, 0.5) is 0 Å². The van der Waals surface area contributed by atoms with Crippen molar-refractivity contribution < 1.29 is 32.9 Å². The molecule has 0 radical (unpaired) electrons. The maximum absolute atomic E-state index is 14.1. The number of rotatable bonds is 9. The standard InChI is InChI=1S/C32H33NO8/c1-17-12-18(2)26-23(13-17)41-31-27(29(26)34)28(20-15-24(38-5)30(40-7)25(16-20)39-6)33(32(31)35)11-10-19-8-9-21(36-3)22(14-19)37-4/h8-9,12-16,28H,10-11H2,1-7H3. The second-order valence-corrected chi connectivity index (χ2v) is 9.93. The highest BCUT2D eigenvalue weighted by Crippen LogP contribution is 2.45. The normalized spacial score (nSPS) is 14.3. The Balaban J connectivity index is 1.68. The molecule has 1 unspecified atom stereocenters. The van der Waals surface area contributed by atoms with Crippen molar-refractivity contribution in [3.05, 3.63) is 86.3 Å². The summed E-state index contributed by atoms with van der Waals surface area (Å²) in [6.45, 7) is 4.10. The molecule has 0 fully saturated rings. The molecule has 0 saturated carbocycles. The zero-order chi connectivity index (χ0) is 29.4. The van der Waals surface area contributed by atoms with Crippen LogP contribution in [0, 0.1) is 13.8 Å². The van der Waals surface area contributed by atoms with E-state index in [1.54, 1.807) is 37.3 Å². The third-order valence-corrected chi connectivity index (χ3v) is 7.50. The van der Waals surface area contributed by atoms with Crippen LogP contribution in [0.15, 0.2) is 51.7 Å². The third-order valence-electron chi connectivity index (χ3n) is 7.50. The summed E-state index contributed by atoms with van der Waals surface area (Å²) in [7, 11) is 7.73. The van der Waals surface area contributed by atoms with Crippen molar-refractivity contribution in [3.8, 4) is 28.7 Å². The number of benzene rings is 3. The third kappa shape index (κ3) is 4.71. The minimum absolute atomic E-state index is 0.0403. The van der Waals surface area contributed by atoms with Gasteiger partial charge in [0, 0.05) is 6.54 Å². The van der Waals surface area contributed by atoms with Crippen molar-refractivity contribution in [2.75, 3.05) is 42.1 Å². The Labute approximate surface area is 238 Å². The number of carbonyl (C=O) groups excluding carboxylic acids is 1. The number of amides is 1. The van der Waals surface area contributed by atoms with E-state index in [1.807, 2.05) is 38.1 Å². The van der Waals surface area contributed by atoms with E-state index in [0.717, 1.165) is 16.7 Å². The maximum atomic E-state index is 14.1. The van der Waals surface area contributed by atoms with Gasteiger partial charge in [-0.05, 0) is 72.9 Å². The molecule has 1 aliphatic rings.